The van der Waals surface area contributed by atoms with Gasteiger partial charge in [0.05, 0.1) is 15.4 Å². The first-order chi connectivity index (χ1) is 14.0. The van der Waals surface area contributed by atoms with E-state index in [1.54, 1.807) is 17.4 Å². The van der Waals surface area contributed by atoms with Crippen LogP contribution >= 0.6 is 34.5 Å². The summed E-state index contributed by atoms with van der Waals surface area (Å²) in [5.41, 5.74) is 0.984. The average molecular weight is 446 g/mol. The fourth-order valence-corrected chi connectivity index (χ4v) is 4.56. The number of nitrogens with zero attached hydrogens (tertiary/aromatic N) is 2. The van der Waals surface area contributed by atoms with Crippen molar-refractivity contribution in [3.63, 3.8) is 0 Å². The van der Waals surface area contributed by atoms with Crippen molar-refractivity contribution in [1.29, 1.82) is 0 Å². The highest BCUT2D eigenvalue weighted by Crippen LogP contribution is 2.36. The highest BCUT2D eigenvalue weighted by atomic mass is 35.5. The molecule has 2 N–H and O–H groups in total. The van der Waals surface area contributed by atoms with Crippen molar-refractivity contribution in [3.8, 4) is 0 Å². The summed E-state index contributed by atoms with van der Waals surface area (Å²) < 4.78 is 1.14. The molecule has 0 amide bonds. The molecule has 0 spiro atoms. The lowest BCUT2D eigenvalue weighted by atomic mass is 10.2. The molecule has 148 valence electrons. The predicted molar refractivity (Wildman–Crippen MR) is 119 cm³/mol. The molecule has 0 aliphatic carbocycles. The van der Waals surface area contributed by atoms with Crippen LogP contribution in [0.5, 0.6) is 0 Å². The van der Waals surface area contributed by atoms with Crippen LogP contribution in [-0.4, -0.2) is 21.0 Å². The molecule has 0 aliphatic heterocycles. The maximum absolute atomic E-state index is 10.8. The third-order valence-electron chi connectivity index (χ3n) is 4.52. The number of hydrogen-bond donors (Lipinski definition) is 2. The van der Waals surface area contributed by atoms with E-state index < -0.39 is 5.97 Å². The quantitative estimate of drug-likeness (QED) is 0.355. The van der Waals surface area contributed by atoms with E-state index in [2.05, 4.69) is 22.4 Å². The number of aliphatic carboxylic acids is 1. The van der Waals surface area contributed by atoms with Crippen LogP contribution in [0, 0.1) is 0 Å². The number of benzene rings is 2. The minimum absolute atomic E-state index is 0.0971. The van der Waals surface area contributed by atoms with Crippen LogP contribution in [0.1, 0.15) is 24.2 Å². The van der Waals surface area contributed by atoms with Crippen molar-refractivity contribution < 1.29 is 9.90 Å². The van der Waals surface area contributed by atoms with Gasteiger partial charge in [-0.3, -0.25) is 4.79 Å². The molecule has 0 saturated heterocycles. The number of halogens is 2. The van der Waals surface area contributed by atoms with Crippen molar-refractivity contribution in [3.05, 3.63) is 63.9 Å². The van der Waals surface area contributed by atoms with E-state index in [4.69, 9.17) is 33.3 Å². The van der Waals surface area contributed by atoms with E-state index in [1.165, 1.54) is 0 Å². The van der Waals surface area contributed by atoms with Gasteiger partial charge in [0, 0.05) is 29.5 Å². The molecule has 8 heteroatoms. The molecular formula is C21H17Cl2N3O2S. The molecule has 4 aromatic rings. The van der Waals surface area contributed by atoms with E-state index in [9.17, 15) is 4.79 Å². The number of carboxylic acids is 1. The largest absolute Gasteiger partial charge is 0.481 e. The third kappa shape index (κ3) is 4.45. The van der Waals surface area contributed by atoms with Crippen molar-refractivity contribution in [2.75, 3.05) is 5.32 Å². The second kappa shape index (κ2) is 8.53. The summed E-state index contributed by atoms with van der Waals surface area (Å²) >= 11 is 13.7. The van der Waals surface area contributed by atoms with Crippen LogP contribution in [0.15, 0.2) is 42.5 Å². The number of carboxylic acid groups (broad SMARTS) is 1. The second-order valence-corrected chi connectivity index (χ2v) is 8.46. The van der Waals surface area contributed by atoms with Gasteiger partial charge >= 0.3 is 5.97 Å². The van der Waals surface area contributed by atoms with Crippen LogP contribution in [0.4, 0.5) is 5.82 Å². The highest BCUT2D eigenvalue weighted by Gasteiger charge is 2.14. The first-order valence-electron chi connectivity index (χ1n) is 9.09. The number of aryl methyl sites for hydroxylation is 1. The number of aromatic nitrogens is 2. The molecule has 0 radical (unpaired) electrons. The van der Waals surface area contributed by atoms with Crippen LogP contribution in [0.3, 0.4) is 0 Å². The second-order valence-electron chi connectivity index (χ2n) is 6.62. The Hall–Kier alpha value is -2.41. The van der Waals surface area contributed by atoms with Gasteiger partial charge in [0.2, 0.25) is 0 Å². The fourth-order valence-electron chi connectivity index (χ4n) is 3.14. The van der Waals surface area contributed by atoms with Gasteiger partial charge in [0.15, 0.2) is 0 Å². The minimum atomic E-state index is -0.814. The molecule has 0 saturated carbocycles. The van der Waals surface area contributed by atoms with E-state index in [-0.39, 0.29) is 6.42 Å². The summed E-state index contributed by atoms with van der Waals surface area (Å²) in [6.07, 6.45) is 1.11. The Morgan fingerprint density at radius 1 is 1.10 bits per heavy atom. The van der Waals surface area contributed by atoms with E-state index in [1.807, 2.05) is 24.3 Å². The third-order valence-corrected chi connectivity index (χ3v) is 6.32. The molecule has 0 atom stereocenters. The van der Waals surface area contributed by atoms with E-state index >= 15 is 0 Å². The predicted octanol–water partition coefficient (Wildman–Crippen LogP) is 6.17. The van der Waals surface area contributed by atoms with E-state index in [0.29, 0.717) is 35.3 Å². The number of fused-ring (bicyclic) bond motifs is 3. The Morgan fingerprint density at radius 3 is 2.72 bits per heavy atom. The normalized spacial score (nSPS) is 11.2. The zero-order chi connectivity index (χ0) is 20.4. The first-order valence-corrected chi connectivity index (χ1v) is 10.7. The summed E-state index contributed by atoms with van der Waals surface area (Å²) in [5, 5.41) is 15.4. The maximum Gasteiger partial charge on any atom is 0.303 e. The SMILES string of the molecule is O=C(O)CCCc1nc(NCc2ccc(Cl)c(Cl)c2)c2c(n1)sc1ccccc12. The molecule has 2 aromatic carbocycles. The lowest BCUT2D eigenvalue weighted by Crippen LogP contribution is -2.06. The molecule has 29 heavy (non-hydrogen) atoms. The Kier molecular flexibility index (Phi) is 5.85. The van der Waals surface area contributed by atoms with E-state index in [0.717, 1.165) is 31.7 Å². The molecule has 0 unspecified atom stereocenters. The molecule has 2 aromatic heterocycles. The number of nitrogens with one attached hydrogen (secondary N) is 1. The van der Waals surface area contributed by atoms with Crippen molar-refractivity contribution in [2.24, 2.45) is 0 Å². The Bertz CT molecular complexity index is 1210. The smallest absolute Gasteiger partial charge is 0.303 e. The van der Waals surface area contributed by atoms with Crippen molar-refractivity contribution in [1.82, 2.24) is 9.97 Å². The number of rotatable bonds is 7. The van der Waals surface area contributed by atoms with Gasteiger partial charge in [-0.1, -0.05) is 47.5 Å². The zero-order valence-electron chi connectivity index (χ0n) is 15.3. The summed E-state index contributed by atoms with van der Waals surface area (Å²) in [4.78, 5) is 21.1. The maximum atomic E-state index is 10.8. The van der Waals surface area contributed by atoms with Crippen molar-refractivity contribution >= 4 is 66.6 Å². The van der Waals surface area contributed by atoms with Crippen LogP contribution < -0.4 is 5.32 Å². The van der Waals surface area contributed by atoms with Crippen LogP contribution in [-0.2, 0) is 17.8 Å². The number of hydrogen-bond acceptors (Lipinski definition) is 5. The fraction of sp³-hybridized carbons (Fsp3) is 0.190. The average Bonchev–Trinajstić information content (AvgIpc) is 3.07. The molecule has 2 heterocycles. The van der Waals surface area contributed by atoms with Crippen LogP contribution in [0.25, 0.3) is 20.3 Å². The number of thiophene rings is 1. The monoisotopic (exact) mass is 445 g/mol. The van der Waals surface area contributed by atoms with Gasteiger partial charge in [0.1, 0.15) is 16.5 Å². The number of anilines is 1. The zero-order valence-corrected chi connectivity index (χ0v) is 17.6. The number of carbonyl (C=O) groups is 1. The van der Waals surface area contributed by atoms with Crippen LogP contribution in [0.2, 0.25) is 10.0 Å². The lowest BCUT2D eigenvalue weighted by Gasteiger charge is -2.10. The summed E-state index contributed by atoms with van der Waals surface area (Å²) in [5.74, 6) is 0.566. The Balaban J connectivity index is 1.70. The standard InChI is InChI=1S/C21H17Cl2N3O2S/c22-14-9-8-12(10-15(14)23)11-24-20-19-13-4-1-2-5-16(13)29-21(19)26-17(25-20)6-3-7-18(27)28/h1-2,4-5,8-10H,3,6-7,11H2,(H,27,28)(H,24,25,26). The molecule has 0 fully saturated rings. The molecule has 0 bridgehead atoms. The first kappa shape index (κ1) is 19.9. The molecule has 0 aliphatic rings. The molecule has 5 nitrogen and oxygen atoms in total. The summed E-state index contributed by atoms with van der Waals surface area (Å²) in [7, 11) is 0. The lowest BCUT2D eigenvalue weighted by molar-refractivity contribution is -0.137. The van der Waals surface area contributed by atoms with Gasteiger partial charge in [-0.15, -0.1) is 11.3 Å². The van der Waals surface area contributed by atoms with Crippen molar-refractivity contribution in [2.45, 2.75) is 25.8 Å². The Labute approximate surface area is 181 Å². The topological polar surface area (TPSA) is 75.1 Å². The summed E-state index contributed by atoms with van der Waals surface area (Å²) in [6.45, 7) is 0.530. The highest BCUT2D eigenvalue weighted by molar-refractivity contribution is 7.25. The molecule has 4 rings (SSSR count). The van der Waals surface area contributed by atoms with Gasteiger partial charge < -0.3 is 10.4 Å². The minimum Gasteiger partial charge on any atom is -0.481 e. The van der Waals surface area contributed by atoms with Gasteiger partial charge in [-0.2, -0.15) is 0 Å². The van der Waals surface area contributed by atoms with Gasteiger partial charge in [0.25, 0.3) is 0 Å². The Morgan fingerprint density at radius 2 is 1.93 bits per heavy atom. The summed E-state index contributed by atoms with van der Waals surface area (Å²) in [6, 6.07) is 13.6. The van der Waals surface area contributed by atoms with Gasteiger partial charge in [-0.05, 0) is 30.2 Å². The van der Waals surface area contributed by atoms with Gasteiger partial charge in [-0.25, -0.2) is 9.97 Å². The molecular weight excluding hydrogens is 429 g/mol.